The minimum atomic E-state index is 0.451. The maximum absolute atomic E-state index is 3.68. The molecule has 0 aliphatic heterocycles. The van der Waals surface area contributed by atoms with Crippen molar-refractivity contribution in [1.29, 1.82) is 0 Å². The third-order valence-corrected chi connectivity index (χ3v) is 4.79. The van der Waals surface area contributed by atoms with Crippen molar-refractivity contribution in [3.05, 3.63) is 35.4 Å². The molecule has 0 saturated heterocycles. The van der Waals surface area contributed by atoms with Crippen LogP contribution in [0.25, 0.3) is 0 Å². The Morgan fingerprint density at radius 3 is 2.56 bits per heavy atom. The van der Waals surface area contributed by atoms with Gasteiger partial charge in [0.1, 0.15) is 0 Å². The Labute approximate surface area is 111 Å². The first kappa shape index (κ1) is 12.2. The number of benzene rings is 1. The molecule has 18 heavy (non-hydrogen) atoms. The fourth-order valence-electron chi connectivity index (χ4n) is 3.04. The van der Waals surface area contributed by atoms with Crippen LogP contribution in [0.4, 0.5) is 0 Å². The van der Waals surface area contributed by atoms with Crippen molar-refractivity contribution in [1.82, 2.24) is 5.32 Å². The summed E-state index contributed by atoms with van der Waals surface area (Å²) in [6, 6.07) is 10.2. The standard InChI is InChI=1S/C17H25N/c1-3-4-13-5-7-14(8-6-13)17(2)11-15(17)12-18-16-9-10-16/h5-8,15-16,18H,3-4,9-12H2,1-2H3. The SMILES string of the molecule is CCCc1ccc(C2(C)CC2CNC2CC2)cc1. The van der Waals surface area contributed by atoms with E-state index in [-0.39, 0.29) is 0 Å². The normalized spacial score (nSPS) is 30.4. The highest BCUT2D eigenvalue weighted by Crippen LogP contribution is 2.53. The van der Waals surface area contributed by atoms with Crippen molar-refractivity contribution >= 4 is 0 Å². The lowest BCUT2D eigenvalue weighted by Gasteiger charge is -2.13. The van der Waals surface area contributed by atoms with Crippen LogP contribution in [0.5, 0.6) is 0 Å². The lowest BCUT2D eigenvalue weighted by Crippen LogP contribution is -2.22. The van der Waals surface area contributed by atoms with Crippen LogP contribution < -0.4 is 5.32 Å². The van der Waals surface area contributed by atoms with Gasteiger partial charge in [-0.05, 0) is 54.7 Å². The highest BCUT2D eigenvalue weighted by Gasteiger charge is 2.50. The molecule has 2 atom stereocenters. The molecule has 0 radical (unpaired) electrons. The van der Waals surface area contributed by atoms with Crippen molar-refractivity contribution in [2.24, 2.45) is 5.92 Å². The summed E-state index contributed by atoms with van der Waals surface area (Å²) in [6.45, 7) is 5.90. The predicted octanol–water partition coefficient (Wildman–Crippen LogP) is 3.67. The maximum atomic E-state index is 3.68. The summed E-state index contributed by atoms with van der Waals surface area (Å²) < 4.78 is 0. The molecule has 1 N–H and O–H groups in total. The van der Waals surface area contributed by atoms with Gasteiger partial charge >= 0.3 is 0 Å². The smallest absolute Gasteiger partial charge is 0.00683 e. The number of hydrogen-bond acceptors (Lipinski definition) is 1. The molecule has 2 unspecified atom stereocenters. The lowest BCUT2D eigenvalue weighted by atomic mass is 9.94. The molecule has 2 saturated carbocycles. The molecule has 1 heteroatoms. The van der Waals surface area contributed by atoms with Crippen LogP contribution in [-0.2, 0) is 11.8 Å². The molecule has 2 aliphatic rings. The van der Waals surface area contributed by atoms with Crippen molar-refractivity contribution in [2.75, 3.05) is 6.54 Å². The fourth-order valence-corrected chi connectivity index (χ4v) is 3.04. The average molecular weight is 243 g/mol. The van der Waals surface area contributed by atoms with Crippen LogP contribution >= 0.6 is 0 Å². The summed E-state index contributed by atoms with van der Waals surface area (Å²) in [4.78, 5) is 0. The Morgan fingerprint density at radius 2 is 1.94 bits per heavy atom. The second-order valence-electron chi connectivity index (χ2n) is 6.45. The third-order valence-electron chi connectivity index (χ3n) is 4.79. The Bertz CT molecular complexity index is 404. The monoisotopic (exact) mass is 243 g/mol. The second kappa shape index (κ2) is 4.70. The van der Waals surface area contributed by atoms with Crippen LogP contribution in [-0.4, -0.2) is 12.6 Å². The summed E-state index contributed by atoms with van der Waals surface area (Å²) in [5, 5.41) is 3.68. The first-order valence-electron chi connectivity index (χ1n) is 7.55. The molecular weight excluding hydrogens is 218 g/mol. The van der Waals surface area contributed by atoms with Gasteiger partial charge in [-0.2, -0.15) is 0 Å². The minimum Gasteiger partial charge on any atom is -0.314 e. The van der Waals surface area contributed by atoms with E-state index in [0.717, 1.165) is 12.0 Å². The number of nitrogens with one attached hydrogen (secondary N) is 1. The van der Waals surface area contributed by atoms with E-state index in [0.29, 0.717) is 5.41 Å². The molecule has 1 aromatic rings. The molecule has 0 heterocycles. The van der Waals surface area contributed by atoms with Gasteiger partial charge in [0.15, 0.2) is 0 Å². The highest BCUT2D eigenvalue weighted by atomic mass is 15.0. The molecule has 3 rings (SSSR count). The summed E-state index contributed by atoms with van der Waals surface area (Å²) in [7, 11) is 0. The summed E-state index contributed by atoms with van der Waals surface area (Å²) >= 11 is 0. The first-order chi connectivity index (χ1) is 8.72. The van der Waals surface area contributed by atoms with E-state index in [9.17, 15) is 0 Å². The van der Waals surface area contributed by atoms with Gasteiger partial charge in [-0.15, -0.1) is 0 Å². The van der Waals surface area contributed by atoms with Crippen LogP contribution in [0.3, 0.4) is 0 Å². The molecule has 1 nitrogen and oxygen atoms in total. The number of rotatable bonds is 6. The van der Waals surface area contributed by atoms with E-state index in [1.54, 1.807) is 5.56 Å². The molecule has 0 aromatic heterocycles. The van der Waals surface area contributed by atoms with Crippen molar-refractivity contribution in [2.45, 2.75) is 57.4 Å². The van der Waals surface area contributed by atoms with Gasteiger partial charge in [0.05, 0.1) is 0 Å². The number of hydrogen-bond donors (Lipinski definition) is 1. The zero-order valence-corrected chi connectivity index (χ0v) is 11.7. The molecule has 0 amide bonds. The lowest BCUT2D eigenvalue weighted by molar-refractivity contribution is 0.575. The maximum Gasteiger partial charge on any atom is 0.00683 e. The van der Waals surface area contributed by atoms with Crippen LogP contribution in [0.2, 0.25) is 0 Å². The van der Waals surface area contributed by atoms with E-state index >= 15 is 0 Å². The van der Waals surface area contributed by atoms with E-state index in [2.05, 4.69) is 43.4 Å². The quantitative estimate of drug-likeness (QED) is 0.804. The van der Waals surface area contributed by atoms with Crippen LogP contribution in [0.1, 0.15) is 50.7 Å². The molecule has 2 aliphatic carbocycles. The Balaban J connectivity index is 1.59. The van der Waals surface area contributed by atoms with Gasteiger partial charge in [-0.1, -0.05) is 44.5 Å². The zero-order valence-electron chi connectivity index (χ0n) is 11.7. The largest absolute Gasteiger partial charge is 0.314 e. The number of aryl methyl sites for hydroxylation is 1. The molecular formula is C17H25N. The van der Waals surface area contributed by atoms with Gasteiger partial charge in [-0.3, -0.25) is 0 Å². The summed E-state index contributed by atoms with van der Waals surface area (Å²) in [5.74, 6) is 0.857. The molecule has 98 valence electrons. The van der Waals surface area contributed by atoms with Gasteiger partial charge in [-0.25, -0.2) is 0 Å². The first-order valence-corrected chi connectivity index (χ1v) is 7.55. The van der Waals surface area contributed by atoms with E-state index in [4.69, 9.17) is 0 Å². The fraction of sp³-hybridized carbons (Fsp3) is 0.647. The minimum absolute atomic E-state index is 0.451. The Hall–Kier alpha value is -0.820. The van der Waals surface area contributed by atoms with Crippen LogP contribution in [0, 0.1) is 5.92 Å². The average Bonchev–Trinajstić information content (AvgIpc) is 3.26. The van der Waals surface area contributed by atoms with Crippen molar-refractivity contribution < 1.29 is 0 Å². The van der Waals surface area contributed by atoms with Gasteiger partial charge in [0.2, 0.25) is 0 Å². The van der Waals surface area contributed by atoms with Crippen molar-refractivity contribution in [3.8, 4) is 0 Å². The topological polar surface area (TPSA) is 12.0 Å². The van der Waals surface area contributed by atoms with Gasteiger partial charge < -0.3 is 5.32 Å². The Morgan fingerprint density at radius 1 is 1.22 bits per heavy atom. The van der Waals surface area contributed by atoms with E-state index < -0.39 is 0 Å². The molecule has 2 fully saturated rings. The van der Waals surface area contributed by atoms with E-state index in [1.807, 2.05) is 0 Å². The molecule has 0 bridgehead atoms. The molecule has 0 spiro atoms. The Kier molecular flexibility index (Phi) is 3.19. The van der Waals surface area contributed by atoms with Gasteiger partial charge in [0, 0.05) is 6.04 Å². The molecule has 1 aromatic carbocycles. The summed E-state index contributed by atoms with van der Waals surface area (Å²) in [5.41, 5.74) is 3.48. The third kappa shape index (κ3) is 2.47. The highest BCUT2D eigenvalue weighted by molar-refractivity contribution is 5.35. The van der Waals surface area contributed by atoms with E-state index in [1.165, 1.54) is 44.2 Å². The van der Waals surface area contributed by atoms with Crippen LogP contribution in [0.15, 0.2) is 24.3 Å². The van der Waals surface area contributed by atoms with Gasteiger partial charge in [0.25, 0.3) is 0 Å². The summed E-state index contributed by atoms with van der Waals surface area (Å²) in [6.07, 6.45) is 6.61. The predicted molar refractivity (Wildman–Crippen MR) is 76.9 cm³/mol. The second-order valence-corrected chi connectivity index (χ2v) is 6.45. The van der Waals surface area contributed by atoms with Crippen molar-refractivity contribution in [3.63, 3.8) is 0 Å². The zero-order chi connectivity index (χ0) is 12.6.